The number of hydrogen-bond acceptors (Lipinski definition) is 4. The van der Waals surface area contributed by atoms with Crippen LogP contribution < -0.4 is 5.32 Å². The van der Waals surface area contributed by atoms with E-state index in [0.29, 0.717) is 0 Å². The van der Waals surface area contributed by atoms with Crippen LogP contribution in [0.4, 0.5) is 5.69 Å². The SMILES string of the molecule is COC(=O)CSCC(=O)Nc1cccc(C)c1C. The van der Waals surface area contributed by atoms with Crippen LogP contribution in [0, 0.1) is 13.8 Å². The Balaban J connectivity index is 2.45. The predicted molar refractivity (Wildman–Crippen MR) is 73.9 cm³/mol. The molecule has 18 heavy (non-hydrogen) atoms. The number of ether oxygens (including phenoxy) is 1. The number of amides is 1. The van der Waals surface area contributed by atoms with Gasteiger partial charge in [0.1, 0.15) is 0 Å². The van der Waals surface area contributed by atoms with Crippen LogP contribution in [0.15, 0.2) is 18.2 Å². The van der Waals surface area contributed by atoms with Crippen LogP contribution in [0.2, 0.25) is 0 Å². The molecule has 0 aliphatic heterocycles. The highest BCUT2D eigenvalue weighted by molar-refractivity contribution is 8.00. The lowest BCUT2D eigenvalue weighted by Gasteiger charge is -2.09. The quantitative estimate of drug-likeness (QED) is 0.831. The molecule has 0 spiro atoms. The summed E-state index contributed by atoms with van der Waals surface area (Å²) in [6.07, 6.45) is 0. The predicted octanol–water partition coefficient (Wildman–Crippen LogP) is 2.15. The van der Waals surface area contributed by atoms with Crippen molar-refractivity contribution >= 4 is 29.3 Å². The summed E-state index contributed by atoms with van der Waals surface area (Å²) in [6.45, 7) is 3.96. The van der Waals surface area contributed by atoms with Crippen molar-refractivity contribution in [1.82, 2.24) is 0 Å². The van der Waals surface area contributed by atoms with E-state index in [-0.39, 0.29) is 23.4 Å². The summed E-state index contributed by atoms with van der Waals surface area (Å²) in [7, 11) is 1.33. The molecule has 0 radical (unpaired) electrons. The Morgan fingerprint density at radius 3 is 2.67 bits per heavy atom. The van der Waals surface area contributed by atoms with Gasteiger partial charge in [-0.3, -0.25) is 9.59 Å². The van der Waals surface area contributed by atoms with Gasteiger partial charge in [-0.05, 0) is 31.0 Å². The first-order valence-electron chi connectivity index (χ1n) is 5.55. The van der Waals surface area contributed by atoms with E-state index >= 15 is 0 Å². The highest BCUT2D eigenvalue weighted by Gasteiger charge is 2.07. The number of nitrogens with one attached hydrogen (secondary N) is 1. The Morgan fingerprint density at radius 2 is 2.00 bits per heavy atom. The van der Waals surface area contributed by atoms with Crippen molar-refractivity contribution < 1.29 is 14.3 Å². The minimum Gasteiger partial charge on any atom is -0.468 e. The number of anilines is 1. The highest BCUT2D eigenvalue weighted by Crippen LogP contribution is 2.18. The van der Waals surface area contributed by atoms with Gasteiger partial charge in [0.15, 0.2) is 0 Å². The molecule has 1 N–H and O–H groups in total. The zero-order chi connectivity index (χ0) is 13.5. The van der Waals surface area contributed by atoms with Crippen molar-refractivity contribution in [1.29, 1.82) is 0 Å². The lowest BCUT2D eigenvalue weighted by Crippen LogP contribution is -2.16. The first-order valence-corrected chi connectivity index (χ1v) is 6.70. The molecule has 1 rings (SSSR count). The molecular weight excluding hydrogens is 250 g/mol. The molecule has 1 amide bonds. The van der Waals surface area contributed by atoms with Gasteiger partial charge in [0.25, 0.3) is 0 Å². The highest BCUT2D eigenvalue weighted by atomic mass is 32.2. The van der Waals surface area contributed by atoms with Crippen molar-refractivity contribution in [3.8, 4) is 0 Å². The maximum atomic E-state index is 11.7. The molecule has 0 atom stereocenters. The summed E-state index contributed by atoms with van der Waals surface area (Å²) in [5.74, 6) is -0.00344. The molecule has 98 valence electrons. The van der Waals surface area contributed by atoms with Gasteiger partial charge in [-0.25, -0.2) is 0 Å². The minimum atomic E-state index is -0.320. The lowest BCUT2D eigenvalue weighted by molar-refractivity contribution is -0.137. The third-order valence-electron chi connectivity index (χ3n) is 2.56. The van der Waals surface area contributed by atoms with Gasteiger partial charge in [-0.15, -0.1) is 11.8 Å². The lowest BCUT2D eigenvalue weighted by atomic mass is 10.1. The van der Waals surface area contributed by atoms with Crippen molar-refractivity contribution in [2.45, 2.75) is 13.8 Å². The minimum absolute atomic E-state index is 0.113. The fourth-order valence-corrected chi connectivity index (χ4v) is 2.00. The topological polar surface area (TPSA) is 55.4 Å². The number of benzene rings is 1. The van der Waals surface area contributed by atoms with E-state index < -0.39 is 0 Å². The number of hydrogen-bond donors (Lipinski definition) is 1. The fourth-order valence-electron chi connectivity index (χ4n) is 1.36. The summed E-state index contributed by atoms with van der Waals surface area (Å²) in [4.78, 5) is 22.5. The number of thioether (sulfide) groups is 1. The van der Waals surface area contributed by atoms with Crippen LogP contribution in [0.25, 0.3) is 0 Å². The Bertz CT molecular complexity index is 446. The van der Waals surface area contributed by atoms with E-state index in [1.165, 1.54) is 18.9 Å². The number of rotatable bonds is 5. The molecule has 0 aromatic heterocycles. The van der Waals surface area contributed by atoms with Crippen LogP contribution in [0.3, 0.4) is 0 Å². The second kappa shape index (κ2) is 7.06. The third-order valence-corrected chi connectivity index (χ3v) is 3.47. The molecule has 0 aliphatic rings. The van der Waals surface area contributed by atoms with Gasteiger partial charge in [0, 0.05) is 5.69 Å². The molecule has 0 unspecified atom stereocenters. The summed E-state index contributed by atoms with van der Waals surface area (Å²) in [5, 5.41) is 2.83. The Hall–Kier alpha value is -1.49. The molecule has 1 aromatic carbocycles. The monoisotopic (exact) mass is 267 g/mol. The van der Waals surface area contributed by atoms with E-state index in [1.807, 2.05) is 32.0 Å². The van der Waals surface area contributed by atoms with Crippen LogP contribution in [0.1, 0.15) is 11.1 Å². The smallest absolute Gasteiger partial charge is 0.315 e. The van der Waals surface area contributed by atoms with Crippen molar-refractivity contribution in [2.75, 3.05) is 23.9 Å². The van der Waals surface area contributed by atoms with Crippen LogP contribution in [0.5, 0.6) is 0 Å². The summed E-state index contributed by atoms with van der Waals surface area (Å²) >= 11 is 1.24. The molecule has 4 nitrogen and oxygen atoms in total. The molecule has 0 aliphatic carbocycles. The van der Waals surface area contributed by atoms with Gasteiger partial charge in [0.2, 0.25) is 5.91 Å². The van der Waals surface area contributed by atoms with Gasteiger partial charge in [-0.2, -0.15) is 0 Å². The zero-order valence-electron chi connectivity index (χ0n) is 10.8. The fraction of sp³-hybridized carbons (Fsp3) is 0.385. The Morgan fingerprint density at radius 1 is 1.28 bits per heavy atom. The van der Waals surface area contributed by atoms with Gasteiger partial charge in [-0.1, -0.05) is 12.1 Å². The number of carbonyl (C=O) groups is 2. The first-order chi connectivity index (χ1) is 8.54. The van der Waals surface area contributed by atoms with Crippen LogP contribution in [-0.2, 0) is 14.3 Å². The zero-order valence-corrected chi connectivity index (χ0v) is 11.6. The number of aryl methyl sites for hydroxylation is 1. The third kappa shape index (κ3) is 4.41. The van der Waals surface area contributed by atoms with E-state index in [1.54, 1.807) is 0 Å². The molecule has 0 saturated heterocycles. The second-order valence-electron chi connectivity index (χ2n) is 3.86. The normalized spacial score (nSPS) is 9.94. The number of carbonyl (C=O) groups excluding carboxylic acids is 2. The van der Waals surface area contributed by atoms with E-state index in [9.17, 15) is 9.59 Å². The van der Waals surface area contributed by atoms with Gasteiger partial charge < -0.3 is 10.1 Å². The van der Waals surface area contributed by atoms with Crippen LogP contribution >= 0.6 is 11.8 Å². The summed E-state index contributed by atoms with van der Waals surface area (Å²) < 4.78 is 4.49. The van der Waals surface area contributed by atoms with Crippen LogP contribution in [-0.4, -0.2) is 30.5 Å². The second-order valence-corrected chi connectivity index (χ2v) is 4.85. The molecule has 0 saturated carbocycles. The average molecular weight is 267 g/mol. The van der Waals surface area contributed by atoms with E-state index in [2.05, 4.69) is 10.1 Å². The molecular formula is C13H17NO3S. The van der Waals surface area contributed by atoms with E-state index in [0.717, 1.165) is 16.8 Å². The largest absolute Gasteiger partial charge is 0.468 e. The van der Waals surface area contributed by atoms with Crippen molar-refractivity contribution in [2.24, 2.45) is 0 Å². The van der Waals surface area contributed by atoms with Crippen molar-refractivity contribution in [3.05, 3.63) is 29.3 Å². The van der Waals surface area contributed by atoms with Crippen molar-refractivity contribution in [3.63, 3.8) is 0 Å². The molecule has 0 heterocycles. The molecule has 0 fully saturated rings. The first kappa shape index (κ1) is 14.6. The maximum Gasteiger partial charge on any atom is 0.315 e. The molecule has 1 aromatic rings. The van der Waals surface area contributed by atoms with Gasteiger partial charge in [0.05, 0.1) is 18.6 Å². The van der Waals surface area contributed by atoms with Gasteiger partial charge >= 0.3 is 5.97 Å². The Labute approximate surface area is 111 Å². The number of esters is 1. The molecule has 5 heteroatoms. The summed E-state index contributed by atoms with van der Waals surface area (Å²) in [6, 6.07) is 5.77. The maximum absolute atomic E-state index is 11.7. The van der Waals surface area contributed by atoms with E-state index in [4.69, 9.17) is 0 Å². The number of methoxy groups -OCH3 is 1. The average Bonchev–Trinajstić information content (AvgIpc) is 2.34. The summed E-state index contributed by atoms with van der Waals surface area (Å²) in [5.41, 5.74) is 3.01. The standard InChI is InChI=1S/C13H17NO3S/c1-9-5-4-6-11(10(9)2)14-12(15)7-18-8-13(16)17-3/h4-6H,7-8H2,1-3H3,(H,14,15). The molecule has 0 bridgehead atoms. The Kier molecular flexibility index (Phi) is 5.71.